The number of nitrogens with two attached hydrogens (primary N) is 1. The number of carboxylic acid groups (broad SMARTS) is 1. The number of aliphatic carboxylic acids is 1. The van der Waals surface area contributed by atoms with Gasteiger partial charge in [0.25, 0.3) is 5.91 Å². The Balaban J connectivity index is 1.68. The number of carbonyl (C=O) groups excluding carboxylic acids is 2. The summed E-state index contributed by atoms with van der Waals surface area (Å²) in [6, 6.07) is -1.52. The van der Waals surface area contributed by atoms with Gasteiger partial charge in [0.2, 0.25) is 5.91 Å². The Labute approximate surface area is 143 Å². The van der Waals surface area contributed by atoms with E-state index in [9.17, 15) is 19.5 Å². The summed E-state index contributed by atoms with van der Waals surface area (Å²) in [4.78, 5) is 37.3. The van der Waals surface area contributed by atoms with Crippen LogP contribution < -0.4 is 11.1 Å². The van der Waals surface area contributed by atoms with Gasteiger partial charge >= 0.3 is 5.97 Å². The van der Waals surface area contributed by atoms with E-state index >= 15 is 0 Å². The monoisotopic (exact) mass is 349 g/mol. The Morgan fingerprint density at radius 1 is 1.46 bits per heavy atom. The molecule has 0 bridgehead atoms. The molecule has 1 saturated heterocycles. The highest BCUT2D eigenvalue weighted by Gasteiger charge is 2.53. The van der Waals surface area contributed by atoms with Crippen LogP contribution in [-0.4, -0.2) is 51.0 Å². The predicted octanol–water partition coefficient (Wildman–Crippen LogP) is 0.349. The Hall–Kier alpha value is -2.06. The summed E-state index contributed by atoms with van der Waals surface area (Å²) >= 11 is 1.45. The molecule has 0 aromatic heterocycles. The van der Waals surface area contributed by atoms with Crippen molar-refractivity contribution in [3.05, 3.63) is 35.1 Å². The number of β-lactam (4-membered cyclic amide) rings is 1. The first-order chi connectivity index (χ1) is 11.4. The van der Waals surface area contributed by atoms with Gasteiger partial charge in [0.15, 0.2) is 0 Å². The van der Waals surface area contributed by atoms with Crippen LogP contribution in [0.5, 0.6) is 0 Å². The van der Waals surface area contributed by atoms with E-state index in [2.05, 4.69) is 5.32 Å². The third-order valence-electron chi connectivity index (χ3n) is 4.38. The fourth-order valence-electron chi connectivity index (χ4n) is 3.06. The number of nitrogens with one attached hydrogen (secondary N) is 1. The number of fused-ring (bicyclic) bond motifs is 1. The third kappa shape index (κ3) is 2.76. The molecule has 3 atom stereocenters. The molecule has 7 nitrogen and oxygen atoms in total. The zero-order valence-electron chi connectivity index (χ0n) is 13.2. The summed E-state index contributed by atoms with van der Waals surface area (Å²) in [6.07, 6.45) is 7.26. The number of allylic oxidation sites excluding steroid dienone is 3. The SMILES string of the molecule is CC1=C(C(=O)O)N2C(=O)[C@H](NC(=O)[C@H](N)C3=CCC=CC3)[C@@H]2SC1. The van der Waals surface area contributed by atoms with Crippen molar-refractivity contribution in [3.8, 4) is 0 Å². The molecule has 3 aliphatic rings. The Kier molecular flexibility index (Phi) is 4.51. The normalized spacial score (nSPS) is 27.2. The van der Waals surface area contributed by atoms with Crippen LogP contribution in [0.4, 0.5) is 0 Å². The summed E-state index contributed by atoms with van der Waals surface area (Å²) in [7, 11) is 0. The van der Waals surface area contributed by atoms with Gasteiger partial charge in [-0.2, -0.15) is 0 Å². The first-order valence-electron chi connectivity index (χ1n) is 7.69. The van der Waals surface area contributed by atoms with Crippen LogP contribution in [0.25, 0.3) is 0 Å². The molecular weight excluding hydrogens is 330 g/mol. The highest BCUT2D eigenvalue weighted by atomic mass is 32.2. The maximum atomic E-state index is 12.3. The van der Waals surface area contributed by atoms with Gasteiger partial charge < -0.3 is 16.2 Å². The zero-order valence-corrected chi connectivity index (χ0v) is 14.0. The number of hydrogen-bond donors (Lipinski definition) is 3. The van der Waals surface area contributed by atoms with Crippen molar-refractivity contribution in [2.24, 2.45) is 5.73 Å². The summed E-state index contributed by atoms with van der Waals surface area (Å²) in [5.74, 6) is -1.41. The van der Waals surface area contributed by atoms with Crippen LogP contribution in [0, 0.1) is 0 Å². The molecule has 0 aromatic carbocycles. The average Bonchev–Trinajstić information content (AvgIpc) is 2.59. The minimum Gasteiger partial charge on any atom is -0.477 e. The molecule has 2 amide bonds. The second-order valence-corrected chi connectivity index (χ2v) is 7.10. The maximum Gasteiger partial charge on any atom is 0.352 e. The second-order valence-electron chi connectivity index (χ2n) is 6.00. The Bertz CT molecular complexity index is 697. The summed E-state index contributed by atoms with van der Waals surface area (Å²) in [5.41, 5.74) is 7.49. The van der Waals surface area contributed by atoms with Crippen LogP contribution in [-0.2, 0) is 14.4 Å². The smallest absolute Gasteiger partial charge is 0.352 e. The van der Waals surface area contributed by atoms with E-state index in [4.69, 9.17) is 5.73 Å². The van der Waals surface area contributed by atoms with Gasteiger partial charge in [-0.05, 0) is 30.9 Å². The van der Waals surface area contributed by atoms with Crippen molar-refractivity contribution >= 4 is 29.5 Å². The molecule has 1 fully saturated rings. The summed E-state index contributed by atoms with van der Waals surface area (Å²) in [6.45, 7) is 1.70. The lowest BCUT2D eigenvalue weighted by Crippen LogP contribution is -2.71. The molecule has 4 N–H and O–H groups in total. The molecule has 24 heavy (non-hydrogen) atoms. The molecule has 8 heteroatoms. The highest BCUT2D eigenvalue weighted by Crippen LogP contribution is 2.40. The van der Waals surface area contributed by atoms with Crippen LogP contribution in [0.3, 0.4) is 0 Å². The van der Waals surface area contributed by atoms with Gasteiger partial charge in [-0.3, -0.25) is 14.5 Å². The average molecular weight is 349 g/mol. The largest absolute Gasteiger partial charge is 0.477 e. The predicted molar refractivity (Wildman–Crippen MR) is 89.8 cm³/mol. The van der Waals surface area contributed by atoms with Gasteiger partial charge in [-0.1, -0.05) is 18.2 Å². The third-order valence-corrected chi connectivity index (χ3v) is 5.80. The first-order valence-corrected chi connectivity index (χ1v) is 8.74. The molecule has 128 valence electrons. The standard InChI is InChI=1S/C16H19N3O4S/c1-8-7-24-15-11(14(21)19(15)12(8)16(22)23)18-13(20)10(17)9-5-3-2-4-6-9/h2-3,6,10-11,15H,4-5,7,17H2,1H3,(H,18,20)(H,22,23)/t10-,11+,15+/m1/s1. The minimum atomic E-state index is -1.12. The van der Waals surface area contributed by atoms with Crippen molar-refractivity contribution < 1.29 is 19.5 Å². The number of amides is 2. The molecule has 2 heterocycles. The topological polar surface area (TPSA) is 113 Å². The zero-order chi connectivity index (χ0) is 17.4. The molecule has 0 aromatic rings. The van der Waals surface area contributed by atoms with E-state index in [0.29, 0.717) is 17.7 Å². The van der Waals surface area contributed by atoms with Crippen LogP contribution in [0.1, 0.15) is 19.8 Å². The molecule has 0 radical (unpaired) electrons. The van der Waals surface area contributed by atoms with E-state index < -0.39 is 29.9 Å². The van der Waals surface area contributed by atoms with Gasteiger partial charge in [0.1, 0.15) is 23.2 Å². The van der Waals surface area contributed by atoms with E-state index in [1.807, 2.05) is 18.2 Å². The van der Waals surface area contributed by atoms with Crippen molar-refractivity contribution in [1.29, 1.82) is 0 Å². The lowest BCUT2D eigenvalue weighted by Gasteiger charge is -2.49. The van der Waals surface area contributed by atoms with Crippen molar-refractivity contribution in [1.82, 2.24) is 10.2 Å². The van der Waals surface area contributed by atoms with Crippen LogP contribution >= 0.6 is 11.8 Å². The first kappa shape index (κ1) is 16.8. The van der Waals surface area contributed by atoms with Crippen molar-refractivity contribution in [2.45, 2.75) is 37.2 Å². The van der Waals surface area contributed by atoms with E-state index in [1.165, 1.54) is 16.7 Å². The molecule has 1 aliphatic carbocycles. The number of carbonyl (C=O) groups is 3. The Morgan fingerprint density at radius 3 is 2.83 bits per heavy atom. The number of rotatable bonds is 4. The number of hydrogen-bond acceptors (Lipinski definition) is 5. The molecular formula is C16H19N3O4S. The molecule has 2 aliphatic heterocycles. The van der Waals surface area contributed by atoms with Gasteiger partial charge in [-0.15, -0.1) is 11.8 Å². The van der Waals surface area contributed by atoms with Crippen molar-refractivity contribution in [2.75, 3.05) is 5.75 Å². The van der Waals surface area contributed by atoms with E-state index in [0.717, 1.165) is 12.0 Å². The van der Waals surface area contributed by atoms with E-state index in [-0.39, 0.29) is 11.1 Å². The number of carboxylic acids is 1. The van der Waals surface area contributed by atoms with Gasteiger partial charge in [-0.25, -0.2) is 4.79 Å². The van der Waals surface area contributed by atoms with Crippen LogP contribution in [0.15, 0.2) is 35.1 Å². The quantitative estimate of drug-likeness (QED) is 0.499. The molecule has 0 saturated carbocycles. The van der Waals surface area contributed by atoms with Gasteiger partial charge in [0, 0.05) is 5.75 Å². The fourth-order valence-corrected chi connectivity index (χ4v) is 4.35. The van der Waals surface area contributed by atoms with Gasteiger partial charge in [0.05, 0.1) is 0 Å². The summed E-state index contributed by atoms with van der Waals surface area (Å²) < 4.78 is 0. The molecule has 0 spiro atoms. The summed E-state index contributed by atoms with van der Waals surface area (Å²) in [5, 5.41) is 11.6. The minimum absolute atomic E-state index is 0.0265. The Morgan fingerprint density at radius 2 is 2.21 bits per heavy atom. The lowest BCUT2D eigenvalue weighted by atomic mass is 9.97. The van der Waals surface area contributed by atoms with Crippen LogP contribution in [0.2, 0.25) is 0 Å². The lowest BCUT2D eigenvalue weighted by molar-refractivity contribution is -0.150. The van der Waals surface area contributed by atoms with E-state index in [1.54, 1.807) is 6.92 Å². The molecule has 3 rings (SSSR count). The molecule has 0 unspecified atom stereocenters. The number of nitrogens with zero attached hydrogens (tertiary/aromatic N) is 1. The van der Waals surface area contributed by atoms with Crippen molar-refractivity contribution in [3.63, 3.8) is 0 Å². The highest BCUT2D eigenvalue weighted by molar-refractivity contribution is 8.00. The fraction of sp³-hybridized carbons (Fsp3) is 0.438. The maximum absolute atomic E-state index is 12.3. The number of thioether (sulfide) groups is 1. The second kappa shape index (κ2) is 6.45.